The van der Waals surface area contributed by atoms with E-state index in [0.29, 0.717) is 18.2 Å². The Morgan fingerprint density at radius 2 is 1.97 bits per heavy atom. The fourth-order valence-electron chi connectivity index (χ4n) is 5.02. The zero-order valence-corrected chi connectivity index (χ0v) is 20.8. The summed E-state index contributed by atoms with van der Waals surface area (Å²) in [6.45, 7) is 5.07. The van der Waals surface area contributed by atoms with Crippen molar-refractivity contribution in [2.45, 2.75) is 31.4 Å². The van der Waals surface area contributed by atoms with Gasteiger partial charge in [-0.3, -0.25) is 4.79 Å². The quantitative estimate of drug-likeness (QED) is 0.243. The van der Waals surface area contributed by atoms with E-state index in [1.54, 1.807) is 11.3 Å². The molecule has 3 aromatic carbocycles. The molecule has 1 aromatic heterocycles. The Kier molecular flexibility index (Phi) is 6.80. The number of carbonyl (C=O) groups is 1. The maximum absolute atomic E-state index is 11.9. The number of ether oxygens (including phenoxy) is 1. The highest BCUT2D eigenvalue weighted by molar-refractivity contribution is 7.17. The first kappa shape index (κ1) is 23.5. The van der Waals surface area contributed by atoms with E-state index in [9.17, 15) is 9.90 Å². The Bertz CT molecular complexity index is 1370. The van der Waals surface area contributed by atoms with Crippen molar-refractivity contribution in [3.63, 3.8) is 0 Å². The van der Waals surface area contributed by atoms with E-state index in [0.717, 1.165) is 34.4 Å². The van der Waals surface area contributed by atoms with Crippen molar-refractivity contribution >= 4 is 44.7 Å². The van der Waals surface area contributed by atoms with Crippen LogP contribution in [0.3, 0.4) is 0 Å². The number of nitrogens with zero attached hydrogens (tertiary/aromatic N) is 1. The van der Waals surface area contributed by atoms with E-state index in [4.69, 9.17) is 16.3 Å². The number of rotatable bonds is 9. The van der Waals surface area contributed by atoms with Crippen LogP contribution in [0.2, 0.25) is 5.02 Å². The summed E-state index contributed by atoms with van der Waals surface area (Å²) in [5.74, 6) is -0.169. The summed E-state index contributed by atoms with van der Waals surface area (Å²) < 4.78 is 7.27. The first-order valence-corrected chi connectivity index (χ1v) is 12.8. The average molecular weight is 504 g/mol. The van der Waals surface area contributed by atoms with Crippen molar-refractivity contribution in [2.75, 3.05) is 11.4 Å². The van der Waals surface area contributed by atoms with Crippen LogP contribution in [0.5, 0.6) is 5.75 Å². The second-order valence-electron chi connectivity index (χ2n) is 8.81. The average Bonchev–Trinajstić information content (AvgIpc) is 3.37. The molecule has 2 heterocycles. The third-order valence-electron chi connectivity index (χ3n) is 6.59. The second kappa shape index (κ2) is 10.1. The predicted molar refractivity (Wildman–Crippen MR) is 144 cm³/mol. The molecule has 5 rings (SSSR count). The molecule has 0 aliphatic carbocycles. The molecule has 2 atom stereocenters. The number of carboxylic acids is 1. The van der Waals surface area contributed by atoms with Gasteiger partial charge in [-0.25, -0.2) is 0 Å². The molecule has 0 saturated carbocycles. The van der Waals surface area contributed by atoms with Crippen molar-refractivity contribution in [1.82, 2.24) is 0 Å². The predicted octanol–water partition coefficient (Wildman–Crippen LogP) is 7.31. The van der Waals surface area contributed by atoms with Crippen LogP contribution in [0.25, 0.3) is 10.1 Å². The summed E-state index contributed by atoms with van der Waals surface area (Å²) in [6, 6.07) is 22.0. The normalized spacial score (nSPS) is 16.9. The van der Waals surface area contributed by atoms with Crippen LogP contribution in [0, 0.1) is 0 Å². The highest BCUT2D eigenvalue weighted by Gasteiger charge is 2.39. The SMILES string of the molecule is C=CCN1c2cc(OCc3ccccc3)ccc2C(CC(=O)O)C1Cc1csc2ccc(Cl)cc12. The van der Waals surface area contributed by atoms with E-state index < -0.39 is 5.97 Å². The molecule has 1 aliphatic rings. The number of hydrogen-bond acceptors (Lipinski definition) is 4. The van der Waals surface area contributed by atoms with Crippen LogP contribution in [-0.4, -0.2) is 23.7 Å². The molecule has 178 valence electrons. The number of aliphatic carboxylic acids is 1. The summed E-state index contributed by atoms with van der Waals surface area (Å²) in [5.41, 5.74) is 4.35. The molecule has 0 saturated heterocycles. The lowest BCUT2D eigenvalue weighted by Gasteiger charge is -2.29. The van der Waals surface area contributed by atoms with Crippen LogP contribution < -0.4 is 9.64 Å². The molecule has 2 unspecified atom stereocenters. The number of anilines is 1. The summed E-state index contributed by atoms with van der Waals surface area (Å²) in [5, 5.41) is 13.8. The molecule has 4 nitrogen and oxygen atoms in total. The third-order valence-corrected chi connectivity index (χ3v) is 7.84. The summed E-state index contributed by atoms with van der Waals surface area (Å²) >= 11 is 7.99. The highest BCUT2D eigenvalue weighted by atomic mass is 35.5. The van der Waals surface area contributed by atoms with Crippen molar-refractivity contribution in [3.8, 4) is 5.75 Å². The number of thiophene rings is 1. The van der Waals surface area contributed by atoms with Crippen LogP contribution in [0.1, 0.15) is 29.0 Å². The number of hydrogen-bond donors (Lipinski definition) is 1. The maximum Gasteiger partial charge on any atom is 0.304 e. The van der Waals surface area contributed by atoms with Gasteiger partial charge in [0.05, 0.1) is 6.42 Å². The third kappa shape index (κ3) is 4.93. The first-order valence-electron chi connectivity index (χ1n) is 11.6. The molecule has 6 heteroatoms. The number of carboxylic acid groups (broad SMARTS) is 1. The monoisotopic (exact) mass is 503 g/mol. The molecule has 0 spiro atoms. The second-order valence-corrected chi connectivity index (χ2v) is 10.2. The van der Waals surface area contributed by atoms with Crippen LogP contribution in [0.4, 0.5) is 5.69 Å². The van der Waals surface area contributed by atoms with Gasteiger partial charge in [0.2, 0.25) is 0 Å². The Morgan fingerprint density at radius 1 is 1.14 bits per heavy atom. The Morgan fingerprint density at radius 3 is 2.74 bits per heavy atom. The topological polar surface area (TPSA) is 49.8 Å². The minimum absolute atomic E-state index is 0.0137. The van der Waals surface area contributed by atoms with E-state index in [-0.39, 0.29) is 18.4 Å². The van der Waals surface area contributed by atoms with E-state index in [1.807, 2.05) is 72.8 Å². The van der Waals surface area contributed by atoms with Gasteiger partial charge >= 0.3 is 5.97 Å². The largest absolute Gasteiger partial charge is 0.489 e. The summed E-state index contributed by atoms with van der Waals surface area (Å²) in [6.07, 6.45) is 2.67. The Balaban J connectivity index is 1.48. The van der Waals surface area contributed by atoms with Crippen molar-refractivity contribution in [1.29, 1.82) is 0 Å². The molecule has 4 aromatic rings. The number of halogens is 1. The van der Waals surface area contributed by atoms with E-state index in [1.165, 1.54) is 10.3 Å². The van der Waals surface area contributed by atoms with Gasteiger partial charge in [0.1, 0.15) is 12.4 Å². The first-order chi connectivity index (χ1) is 17.0. The molecular formula is C29H26ClNO3S. The minimum atomic E-state index is -0.797. The van der Waals surface area contributed by atoms with Gasteiger partial charge in [-0.2, -0.15) is 0 Å². The van der Waals surface area contributed by atoms with Crippen LogP contribution >= 0.6 is 22.9 Å². The van der Waals surface area contributed by atoms with Gasteiger partial charge in [0.25, 0.3) is 0 Å². The zero-order chi connectivity index (χ0) is 24.4. The van der Waals surface area contributed by atoms with Gasteiger partial charge < -0.3 is 14.7 Å². The smallest absolute Gasteiger partial charge is 0.304 e. The van der Waals surface area contributed by atoms with Crippen molar-refractivity contribution in [2.24, 2.45) is 0 Å². The van der Waals surface area contributed by atoms with Crippen molar-refractivity contribution < 1.29 is 14.6 Å². The van der Waals surface area contributed by atoms with Gasteiger partial charge in [0.15, 0.2) is 0 Å². The van der Waals surface area contributed by atoms with E-state index in [2.05, 4.69) is 16.9 Å². The molecular weight excluding hydrogens is 478 g/mol. The van der Waals surface area contributed by atoms with Gasteiger partial charge in [-0.05, 0) is 58.1 Å². The van der Waals surface area contributed by atoms with Gasteiger partial charge in [-0.1, -0.05) is 54.1 Å². The lowest BCUT2D eigenvalue weighted by molar-refractivity contribution is -0.137. The molecule has 1 N–H and O–H groups in total. The number of fused-ring (bicyclic) bond motifs is 2. The number of benzene rings is 3. The van der Waals surface area contributed by atoms with E-state index >= 15 is 0 Å². The molecule has 0 amide bonds. The van der Waals surface area contributed by atoms with Crippen molar-refractivity contribution in [3.05, 3.63) is 106 Å². The van der Waals surface area contributed by atoms with Crippen LogP contribution in [0.15, 0.2) is 84.8 Å². The molecule has 0 fully saturated rings. The standard InChI is InChI=1S/C29H26ClNO3S/c1-2-12-31-26(13-20-18-35-28-11-8-21(30)14-24(20)28)25(16-29(32)33)23-10-9-22(15-27(23)31)34-17-19-6-4-3-5-7-19/h2-11,14-15,18,25-26H,1,12-13,16-17H2,(H,32,33). The maximum atomic E-state index is 11.9. The summed E-state index contributed by atoms with van der Waals surface area (Å²) in [4.78, 5) is 14.2. The molecule has 0 bridgehead atoms. The summed E-state index contributed by atoms with van der Waals surface area (Å²) in [7, 11) is 0. The fourth-order valence-corrected chi connectivity index (χ4v) is 6.14. The minimum Gasteiger partial charge on any atom is -0.489 e. The fraction of sp³-hybridized carbons (Fsp3) is 0.207. The molecule has 1 aliphatic heterocycles. The van der Waals surface area contributed by atoms with Gasteiger partial charge in [0, 0.05) is 40.0 Å². The van der Waals surface area contributed by atoms with Gasteiger partial charge in [-0.15, -0.1) is 17.9 Å². The Labute approximate surface area is 214 Å². The molecule has 0 radical (unpaired) electrons. The molecule has 35 heavy (non-hydrogen) atoms. The zero-order valence-electron chi connectivity index (χ0n) is 19.2. The lowest BCUT2D eigenvalue weighted by atomic mass is 9.88. The lowest BCUT2D eigenvalue weighted by Crippen LogP contribution is -2.36. The van der Waals surface area contributed by atoms with Crippen LogP contribution in [-0.2, 0) is 17.8 Å². The highest BCUT2D eigenvalue weighted by Crippen LogP contribution is 2.46. The Hall–Kier alpha value is -3.28.